The second kappa shape index (κ2) is 8.07. The quantitative estimate of drug-likeness (QED) is 0.642. The SMILES string of the molecule is Cc1cnn(Cc2ccccc2Cl)c1NC(=O)NC[C@@]1(O)CCCNC1. The summed E-state index contributed by atoms with van der Waals surface area (Å²) in [5, 5.41) is 24.2. The van der Waals surface area contributed by atoms with Gasteiger partial charge in [0.1, 0.15) is 5.82 Å². The molecular formula is C18H24ClN5O2. The Bertz CT molecular complexity index is 771. The average molecular weight is 378 g/mol. The highest BCUT2D eigenvalue weighted by Crippen LogP contribution is 2.20. The van der Waals surface area contributed by atoms with Crippen molar-refractivity contribution in [3.8, 4) is 0 Å². The number of rotatable bonds is 5. The van der Waals surface area contributed by atoms with E-state index in [0.29, 0.717) is 30.4 Å². The molecule has 26 heavy (non-hydrogen) atoms. The lowest BCUT2D eigenvalue weighted by molar-refractivity contribution is 0.0198. The molecule has 0 radical (unpaired) electrons. The fraction of sp³-hybridized carbons (Fsp3) is 0.444. The summed E-state index contributed by atoms with van der Waals surface area (Å²) in [4.78, 5) is 12.3. The number of β-amino-alcohol motifs (C(OH)–C–C–N with tert-alkyl or cyclic N) is 1. The van der Waals surface area contributed by atoms with Crippen molar-refractivity contribution >= 4 is 23.4 Å². The number of piperidine rings is 1. The van der Waals surface area contributed by atoms with Gasteiger partial charge in [0.05, 0.1) is 18.3 Å². The molecule has 1 aliphatic rings. The Balaban J connectivity index is 1.63. The first-order valence-electron chi connectivity index (χ1n) is 8.71. The molecule has 0 spiro atoms. The largest absolute Gasteiger partial charge is 0.387 e. The van der Waals surface area contributed by atoms with Crippen molar-refractivity contribution in [3.63, 3.8) is 0 Å². The van der Waals surface area contributed by atoms with Crippen LogP contribution in [0.1, 0.15) is 24.0 Å². The first-order valence-corrected chi connectivity index (χ1v) is 9.08. The third kappa shape index (κ3) is 4.55. The van der Waals surface area contributed by atoms with E-state index in [9.17, 15) is 9.90 Å². The lowest BCUT2D eigenvalue weighted by Crippen LogP contribution is -2.53. The van der Waals surface area contributed by atoms with Crippen molar-refractivity contribution in [2.45, 2.75) is 31.9 Å². The van der Waals surface area contributed by atoms with Gasteiger partial charge in [-0.1, -0.05) is 29.8 Å². The maximum atomic E-state index is 12.3. The summed E-state index contributed by atoms with van der Waals surface area (Å²) in [7, 11) is 0. The number of aryl methyl sites for hydroxylation is 1. The molecule has 2 aromatic rings. The third-order valence-corrected chi connectivity index (χ3v) is 4.93. The summed E-state index contributed by atoms with van der Waals surface area (Å²) in [5.41, 5.74) is 0.871. The van der Waals surface area contributed by atoms with Gasteiger partial charge in [0.15, 0.2) is 0 Å². The predicted octanol–water partition coefficient (Wildman–Crippen LogP) is 2.13. The number of carbonyl (C=O) groups excluding carboxylic acids is 1. The summed E-state index contributed by atoms with van der Waals surface area (Å²) in [6.07, 6.45) is 3.26. The highest BCUT2D eigenvalue weighted by atomic mass is 35.5. The number of aromatic nitrogens is 2. The zero-order valence-electron chi connectivity index (χ0n) is 14.8. The standard InChI is InChI=1S/C18H24ClN5O2/c1-13-9-22-24(10-14-5-2-3-6-15(14)19)16(13)23-17(25)21-12-18(26)7-4-8-20-11-18/h2-3,5-6,9,20,26H,4,7-8,10-12H2,1H3,(H2,21,23,25)/t18-/m1/s1. The number of anilines is 1. The number of hydrogen-bond donors (Lipinski definition) is 4. The molecule has 8 heteroatoms. The van der Waals surface area contributed by atoms with Gasteiger partial charge in [-0.2, -0.15) is 5.10 Å². The van der Waals surface area contributed by atoms with E-state index >= 15 is 0 Å². The number of nitrogens with zero attached hydrogens (tertiary/aromatic N) is 2. The zero-order valence-corrected chi connectivity index (χ0v) is 15.5. The summed E-state index contributed by atoms with van der Waals surface area (Å²) >= 11 is 6.22. The van der Waals surface area contributed by atoms with Gasteiger partial charge >= 0.3 is 6.03 Å². The molecule has 2 amide bonds. The summed E-state index contributed by atoms with van der Waals surface area (Å²) in [6, 6.07) is 7.17. The van der Waals surface area contributed by atoms with Gasteiger partial charge in [0.2, 0.25) is 0 Å². The fourth-order valence-corrected chi connectivity index (χ4v) is 3.24. The van der Waals surface area contributed by atoms with Gasteiger partial charge in [-0.25, -0.2) is 9.48 Å². The molecule has 1 atom stereocenters. The fourth-order valence-electron chi connectivity index (χ4n) is 3.05. The molecule has 2 heterocycles. The number of halogens is 1. The van der Waals surface area contributed by atoms with Crippen molar-refractivity contribution in [2.24, 2.45) is 0 Å². The van der Waals surface area contributed by atoms with Crippen molar-refractivity contribution in [3.05, 3.63) is 46.6 Å². The van der Waals surface area contributed by atoms with Gasteiger partial charge in [0.25, 0.3) is 0 Å². The minimum Gasteiger partial charge on any atom is -0.387 e. The Kier molecular flexibility index (Phi) is 5.80. The first kappa shape index (κ1) is 18.7. The van der Waals surface area contributed by atoms with Crippen LogP contribution in [0.25, 0.3) is 0 Å². The normalized spacial score (nSPS) is 20.0. The highest BCUT2D eigenvalue weighted by molar-refractivity contribution is 6.31. The van der Waals surface area contributed by atoms with E-state index in [-0.39, 0.29) is 12.6 Å². The van der Waals surface area contributed by atoms with Crippen molar-refractivity contribution in [1.82, 2.24) is 20.4 Å². The monoisotopic (exact) mass is 377 g/mol. The zero-order chi connectivity index (χ0) is 18.6. The van der Waals surface area contributed by atoms with E-state index < -0.39 is 5.60 Å². The van der Waals surface area contributed by atoms with E-state index in [0.717, 1.165) is 24.1 Å². The van der Waals surface area contributed by atoms with Crippen LogP contribution < -0.4 is 16.0 Å². The van der Waals surface area contributed by atoms with Gasteiger partial charge in [0, 0.05) is 23.7 Å². The number of carbonyl (C=O) groups is 1. The second-order valence-corrected chi connectivity index (χ2v) is 7.14. The minimum absolute atomic E-state index is 0.198. The molecule has 1 saturated heterocycles. The Morgan fingerprint density at radius 2 is 2.27 bits per heavy atom. The minimum atomic E-state index is -0.900. The number of hydrogen-bond acceptors (Lipinski definition) is 4. The Morgan fingerprint density at radius 3 is 3.00 bits per heavy atom. The topological polar surface area (TPSA) is 91.2 Å². The molecule has 0 unspecified atom stereocenters. The van der Waals surface area contributed by atoms with Crippen LogP contribution in [0, 0.1) is 6.92 Å². The van der Waals surface area contributed by atoms with Crippen LogP contribution in [-0.4, -0.2) is 46.2 Å². The van der Waals surface area contributed by atoms with Crippen LogP contribution in [0.3, 0.4) is 0 Å². The Morgan fingerprint density at radius 1 is 1.46 bits per heavy atom. The molecular weight excluding hydrogens is 354 g/mol. The highest BCUT2D eigenvalue weighted by Gasteiger charge is 2.29. The van der Waals surface area contributed by atoms with Gasteiger partial charge in [-0.05, 0) is 37.9 Å². The summed E-state index contributed by atoms with van der Waals surface area (Å²) in [5.74, 6) is 0.608. The Hall–Kier alpha value is -2.09. The smallest absolute Gasteiger partial charge is 0.320 e. The molecule has 3 rings (SSSR count). The number of benzene rings is 1. The summed E-state index contributed by atoms with van der Waals surface area (Å²) < 4.78 is 1.70. The summed E-state index contributed by atoms with van der Waals surface area (Å²) in [6.45, 7) is 3.91. The van der Waals surface area contributed by atoms with E-state index in [1.165, 1.54) is 0 Å². The molecule has 1 aliphatic heterocycles. The van der Waals surface area contributed by atoms with Gasteiger partial charge in [-0.3, -0.25) is 5.32 Å². The van der Waals surface area contributed by atoms with Crippen molar-refractivity contribution in [1.29, 1.82) is 0 Å². The molecule has 1 aromatic heterocycles. The molecule has 1 fully saturated rings. The van der Waals surface area contributed by atoms with E-state index in [2.05, 4.69) is 21.0 Å². The van der Waals surface area contributed by atoms with Gasteiger partial charge in [-0.15, -0.1) is 0 Å². The third-order valence-electron chi connectivity index (χ3n) is 4.56. The number of amides is 2. The predicted molar refractivity (Wildman–Crippen MR) is 102 cm³/mol. The number of aliphatic hydroxyl groups is 1. The van der Waals surface area contributed by atoms with Crippen LogP contribution >= 0.6 is 11.6 Å². The molecule has 7 nitrogen and oxygen atoms in total. The molecule has 0 bridgehead atoms. The lowest BCUT2D eigenvalue weighted by Gasteiger charge is -2.32. The molecule has 4 N–H and O–H groups in total. The first-order chi connectivity index (χ1) is 12.5. The number of nitrogens with one attached hydrogen (secondary N) is 3. The lowest BCUT2D eigenvalue weighted by atomic mass is 9.94. The molecule has 0 saturated carbocycles. The second-order valence-electron chi connectivity index (χ2n) is 6.74. The van der Waals surface area contributed by atoms with Crippen molar-refractivity contribution < 1.29 is 9.90 Å². The van der Waals surface area contributed by atoms with Crippen LogP contribution in [0.2, 0.25) is 5.02 Å². The average Bonchev–Trinajstić information content (AvgIpc) is 2.96. The maximum Gasteiger partial charge on any atom is 0.320 e. The van der Waals surface area contributed by atoms with Crippen LogP contribution in [0.15, 0.2) is 30.5 Å². The van der Waals surface area contributed by atoms with Crippen LogP contribution in [-0.2, 0) is 6.54 Å². The van der Waals surface area contributed by atoms with E-state index in [4.69, 9.17) is 11.6 Å². The molecule has 140 valence electrons. The Labute approximate surface area is 157 Å². The molecule has 1 aromatic carbocycles. The molecule has 0 aliphatic carbocycles. The van der Waals surface area contributed by atoms with Crippen molar-refractivity contribution in [2.75, 3.05) is 25.0 Å². The van der Waals surface area contributed by atoms with E-state index in [1.54, 1.807) is 10.9 Å². The van der Waals surface area contributed by atoms with E-state index in [1.807, 2.05) is 31.2 Å². The number of urea groups is 1. The van der Waals surface area contributed by atoms with Crippen LogP contribution in [0.4, 0.5) is 10.6 Å². The van der Waals surface area contributed by atoms with Gasteiger partial charge < -0.3 is 15.7 Å². The maximum absolute atomic E-state index is 12.3. The van der Waals surface area contributed by atoms with Crippen LogP contribution in [0.5, 0.6) is 0 Å².